The van der Waals surface area contributed by atoms with Crippen LogP contribution in [-0.2, 0) is 28.7 Å². The monoisotopic (exact) mass is 402 g/mol. The summed E-state index contributed by atoms with van der Waals surface area (Å²) in [6, 6.07) is 0. The summed E-state index contributed by atoms with van der Waals surface area (Å²) < 4.78 is 9.80. The molecular weight excluding hydrogens is 372 g/mol. The topological polar surface area (TPSA) is 86.7 Å². The van der Waals surface area contributed by atoms with Gasteiger partial charge in [0.15, 0.2) is 11.6 Å². The van der Waals surface area contributed by atoms with Crippen molar-refractivity contribution in [3.63, 3.8) is 0 Å². The van der Waals surface area contributed by atoms with Gasteiger partial charge < -0.3 is 9.47 Å². The van der Waals surface area contributed by atoms with E-state index in [0.717, 1.165) is 24.8 Å². The maximum absolute atomic E-state index is 13.3. The van der Waals surface area contributed by atoms with E-state index in [1.54, 1.807) is 6.08 Å². The van der Waals surface area contributed by atoms with E-state index in [9.17, 15) is 19.2 Å². The van der Waals surface area contributed by atoms with Gasteiger partial charge in [-0.3, -0.25) is 19.2 Å². The van der Waals surface area contributed by atoms with E-state index in [4.69, 9.17) is 9.47 Å². The summed E-state index contributed by atoms with van der Waals surface area (Å²) in [6.07, 6.45) is 5.80. The molecule has 0 saturated heterocycles. The van der Waals surface area contributed by atoms with E-state index in [1.165, 1.54) is 14.2 Å². The molecule has 0 N–H and O–H groups in total. The molecule has 4 aliphatic rings. The van der Waals surface area contributed by atoms with Crippen molar-refractivity contribution in [3.05, 3.63) is 11.6 Å². The zero-order valence-electron chi connectivity index (χ0n) is 17.7. The standard InChI is InChI=1S/C23H30O6/c1-22-7-5-12(20(26)28-3)9-13(22)10-17(24)18-15(22)6-8-23(2)16(18)11-14(19(23)25)21(27)29-4/h10,12,14-16,18H,5-9,11H2,1-4H3/t12?,14?,15-,16+,18-,22+,23+/m1/s1. The van der Waals surface area contributed by atoms with Crippen LogP contribution in [0, 0.1) is 40.4 Å². The van der Waals surface area contributed by atoms with Gasteiger partial charge in [-0.1, -0.05) is 19.4 Å². The van der Waals surface area contributed by atoms with E-state index in [0.29, 0.717) is 19.3 Å². The van der Waals surface area contributed by atoms with Crippen LogP contribution in [0.1, 0.15) is 52.4 Å². The Balaban J connectivity index is 1.68. The van der Waals surface area contributed by atoms with Crippen molar-refractivity contribution in [3.8, 4) is 0 Å². The van der Waals surface area contributed by atoms with Crippen LogP contribution in [-0.4, -0.2) is 37.7 Å². The summed E-state index contributed by atoms with van der Waals surface area (Å²) >= 11 is 0. The minimum absolute atomic E-state index is 0.0576. The summed E-state index contributed by atoms with van der Waals surface area (Å²) in [4.78, 5) is 50.6. The fourth-order valence-corrected chi connectivity index (χ4v) is 6.94. The maximum atomic E-state index is 13.3. The Hall–Kier alpha value is -1.98. The molecule has 3 saturated carbocycles. The number of esters is 2. The number of ketones is 2. The number of carbonyl (C=O) groups is 4. The number of fused-ring (bicyclic) bond motifs is 5. The number of hydrogen-bond donors (Lipinski definition) is 0. The molecule has 0 aromatic heterocycles. The van der Waals surface area contributed by atoms with E-state index in [-0.39, 0.29) is 46.6 Å². The van der Waals surface area contributed by atoms with E-state index >= 15 is 0 Å². The first-order valence-electron chi connectivity index (χ1n) is 10.6. The molecule has 6 heteroatoms. The number of methoxy groups -OCH3 is 2. The normalized spacial score (nSPS) is 43.6. The summed E-state index contributed by atoms with van der Waals surface area (Å²) in [6.45, 7) is 4.15. The average molecular weight is 402 g/mol. The number of Topliss-reactive ketones (excluding diaryl/α,β-unsaturated/α-hetero) is 1. The zero-order chi connectivity index (χ0) is 21.1. The Morgan fingerprint density at radius 1 is 0.966 bits per heavy atom. The minimum Gasteiger partial charge on any atom is -0.469 e. The predicted octanol–water partition coefficient (Wildman–Crippen LogP) is 2.89. The van der Waals surface area contributed by atoms with Crippen LogP contribution in [0.5, 0.6) is 0 Å². The Morgan fingerprint density at radius 2 is 1.62 bits per heavy atom. The van der Waals surface area contributed by atoms with Crippen molar-refractivity contribution in [2.75, 3.05) is 14.2 Å². The molecule has 0 aromatic carbocycles. The highest BCUT2D eigenvalue weighted by atomic mass is 16.5. The summed E-state index contributed by atoms with van der Waals surface area (Å²) in [5.41, 5.74) is 0.278. The second kappa shape index (κ2) is 6.78. The van der Waals surface area contributed by atoms with Crippen LogP contribution in [0.2, 0.25) is 0 Å². The molecule has 6 nitrogen and oxygen atoms in total. The molecule has 3 fully saturated rings. The average Bonchev–Trinajstić information content (AvgIpc) is 2.98. The van der Waals surface area contributed by atoms with Crippen LogP contribution >= 0.6 is 0 Å². The molecule has 4 aliphatic carbocycles. The highest BCUT2D eigenvalue weighted by Gasteiger charge is 2.64. The van der Waals surface area contributed by atoms with Gasteiger partial charge in [-0.15, -0.1) is 0 Å². The Kier molecular flexibility index (Phi) is 4.74. The van der Waals surface area contributed by atoms with Gasteiger partial charge >= 0.3 is 11.9 Å². The molecule has 0 bridgehead atoms. The molecular formula is C23H30O6. The maximum Gasteiger partial charge on any atom is 0.316 e. The van der Waals surface area contributed by atoms with Crippen molar-refractivity contribution < 1.29 is 28.7 Å². The molecule has 0 amide bonds. The number of carbonyl (C=O) groups excluding carboxylic acids is 4. The number of ether oxygens (including phenoxy) is 2. The first-order chi connectivity index (χ1) is 13.7. The molecule has 2 unspecified atom stereocenters. The largest absolute Gasteiger partial charge is 0.469 e. The summed E-state index contributed by atoms with van der Waals surface area (Å²) in [5.74, 6) is -1.85. The van der Waals surface area contributed by atoms with Gasteiger partial charge in [0.2, 0.25) is 0 Å². The molecule has 0 radical (unpaired) electrons. The van der Waals surface area contributed by atoms with E-state index in [1.807, 2.05) is 6.92 Å². The molecule has 4 rings (SSSR count). The van der Waals surface area contributed by atoms with Crippen LogP contribution in [0.4, 0.5) is 0 Å². The Bertz CT molecular complexity index is 812. The molecule has 0 spiro atoms. The lowest BCUT2D eigenvalue weighted by atomic mass is 9.47. The van der Waals surface area contributed by atoms with Crippen LogP contribution in [0.15, 0.2) is 11.6 Å². The van der Waals surface area contributed by atoms with Gasteiger partial charge in [-0.25, -0.2) is 0 Å². The van der Waals surface area contributed by atoms with Crippen molar-refractivity contribution in [1.29, 1.82) is 0 Å². The second-order valence-electron chi connectivity index (χ2n) is 9.82. The van der Waals surface area contributed by atoms with Gasteiger partial charge in [0, 0.05) is 11.3 Å². The molecule has 0 aromatic rings. The Morgan fingerprint density at radius 3 is 2.28 bits per heavy atom. The lowest BCUT2D eigenvalue weighted by Crippen LogP contribution is -2.53. The van der Waals surface area contributed by atoms with Crippen molar-refractivity contribution >= 4 is 23.5 Å². The number of allylic oxidation sites excluding steroid dienone is 2. The SMILES string of the molecule is COC(=O)C1CC[C@@]2(C)C(=CC(=O)[C@@H]3[C@H]2CC[C@]2(C)C(=O)C(C(=O)OC)C[C@@H]32)C1. The van der Waals surface area contributed by atoms with Gasteiger partial charge in [0.1, 0.15) is 5.92 Å². The van der Waals surface area contributed by atoms with Gasteiger partial charge in [-0.05, 0) is 61.9 Å². The van der Waals surface area contributed by atoms with E-state index in [2.05, 4.69) is 6.92 Å². The number of rotatable bonds is 2. The zero-order valence-corrected chi connectivity index (χ0v) is 17.7. The fraction of sp³-hybridized carbons (Fsp3) is 0.739. The van der Waals surface area contributed by atoms with Crippen molar-refractivity contribution in [2.45, 2.75) is 52.4 Å². The first kappa shape index (κ1) is 20.3. The van der Waals surface area contributed by atoms with Crippen LogP contribution in [0.3, 0.4) is 0 Å². The fourth-order valence-electron chi connectivity index (χ4n) is 6.94. The Labute approximate surface area is 171 Å². The smallest absolute Gasteiger partial charge is 0.316 e. The molecule has 158 valence electrons. The quantitative estimate of drug-likeness (QED) is 0.521. The summed E-state index contributed by atoms with van der Waals surface area (Å²) in [7, 11) is 2.72. The van der Waals surface area contributed by atoms with Gasteiger partial charge in [0.25, 0.3) is 0 Å². The third kappa shape index (κ3) is 2.74. The van der Waals surface area contributed by atoms with Crippen LogP contribution in [0.25, 0.3) is 0 Å². The van der Waals surface area contributed by atoms with Crippen molar-refractivity contribution in [2.24, 2.45) is 40.4 Å². The lowest BCUT2D eigenvalue weighted by Gasteiger charge is -2.55. The van der Waals surface area contributed by atoms with E-state index < -0.39 is 17.3 Å². The third-order valence-electron chi connectivity index (χ3n) is 8.72. The highest BCUT2D eigenvalue weighted by Crippen LogP contribution is 2.64. The molecule has 0 aliphatic heterocycles. The lowest BCUT2D eigenvalue weighted by molar-refractivity contribution is -0.151. The molecule has 29 heavy (non-hydrogen) atoms. The highest BCUT2D eigenvalue weighted by molar-refractivity contribution is 6.05. The van der Waals surface area contributed by atoms with Gasteiger partial charge in [-0.2, -0.15) is 0 Å². The third-order valence-corrected chi connectivity index (χ3v) is 8.72. The minimum atomic E-state index is -0.755. The summed E-state index contributed by atoms with van der Waals surface area (Å²) in [5, 5.41) is 0. The number of hydrogen-bond acceptors (Lipinski definition) is 6. The molecule has 7 atom stereocenters. The van der Waals surface area contributed by atoms with Gasteiger partial charge in [0.05, 0.1) is 20.1 Å². The van der Waals surface area contributed by atoms with Crippen molar-refractivity contribution in [1.82, 2.24) is 0 Å². The second-order valence-corrected chi connectivity index (χ2v) is 9.82. The first-order valence-corrected chi connectivity index (χ1v) is 10.6. The molecule has 0 heterocycles. The van der Waals surface area contributed by atoms with Crippen LogP contribution < -0.4 is 0 Å². The predicted molar refractivity (Wildman–Crippen MR) is 103 cm³/mol.